The minimum Gasteiger partial charge on any atom is -0.456 e. The van der Waals surface area contributed by atoms with Gasteiger partial charge in [0.2, 0.25) is 0 Å². The Labute approximate surface area is 308 Å². The summed E-state index contributed by atoms with van der Waals surface area (Å²) in [5, 5.41) is 4.46. The first-order valence-electron chi connectivity index (χ1n) is 19.4. The van der Waals surface area contributed by atoms with E-state index in [1.54, 1.807) is 24.3 Å². The highest BCUT2D eigenvalue weighted by atomic mass is 16.3. The van der Waals surface area contributed by atoms with Gasteiger partial charge < -0.3 is 9.32 Å². The molecule has 0 saturated heterocycles. The van der Waals surface area contributed by atoms with E-state index in [9.17, 15) is 0 Å². The van der Waals surface area contributed by atoms with Gasteiger partial charge in [-0.3, -0.25) is 0 Å². The second-order valence-electron chi connectivity index (χ2n) is 13.0. The van der Waals surface area contributed by atoms with Crippen molar-refractivity contribution in [1.82, 2.24) is 0 Å². The molecule has 0 amide bonds. The Hall–Kier alpha value is -6.90. The number of hydrogen-bond acceptors (Lipinski definition) is 2. The Kier molecular flexibility index (Phi) is 6.22. The molecule has 52 heavy (non-hydrogen) atoms. The molecular formula is C50H33NO. The van der Waals surface area contributed by atoms with E-state index in [2.05, 4.69) is 132 Å². The van der Waals surface area contributed by atoms with Crippen molar-refractivity contribution in [3.8, 4) is 33.4 Å². The fraction of sp³-hybridized carbons (Fsp3) is 0. The largest absolute Gasteiger partial charge is 0.456 e. The van der Waals surface area contributed by atoms with Gasteiger partial charge in [0.25, 0.3) is 0 Å². The Balaban J connectivity index is 1.04. The number of benzene rings is 9. The third kappa shape index (κ3) is 5.30. The molecule has 0 aliphatic carbocycles. The van der Waals surface area contributed by atoms with Crippen LogP contribution in [0.25, 0.3) is 76.9 Å². The first-order chi connectivity index (χ1) is 27.4. The number of nitrogens with zero attached hydrogens (tertiary/aromatic N) is 1. The van der Waals surface area contributed by atoms with E-state index in [1.807, 2.05) is 24.3 Å². The minimum absolute atomic E-state index is 0.00289. The van der Waals surface area contributed by atoms with Gasteiger partial charge in [0.15, 0.2) is 0 Å². The second-order valence-corrected chi connectivity index (χ2v) is 13.0. The molecule has 0 unspecified atom stereocenters. The maximum absolute atomic E-state index is 9.16. The normalized spacial score (nSPS) is 12.5. The first-order valence-corrected chi connectivity index (χ1v) is 17.4. The number of fused-ring (bicyclic) bond motifs is 6. The van der Waals surface area contributed by atoms with Crippen LogP contribution >= 0.6 is 0 Å². The zero-order valence-electron chi connectivity index (χ0n) is 32.1. The van der Waals surface area contributed by atoms with Crippen LogP contribution in [-0.2, 0) is 0 Å². The summed E-state index contributed by atoms with van der Waals surface area (Å²) in [7, 11) is 0. The number of furan rings is 1. The monoisotopic (exact) mass is 667 g/mol. The molecule has 0 fully saturated rings. The lowest BCUT2D eigenvalue weighted by atomic mass is 9.98. The van der Waals surface area contributed by atoms with E-state index in [1.165, 1.54) is 16.5 Å². The van der Waals surface area contributed by atoms with E-state index in [0.29, 0.717) is 27.1 Å². The lowest BCUT2D eigenvalue weighted by Gasteiger charge is -2.26. The van der Waals surface area contributed by atoms with Gasteiger partial charge in [-0.25, -0.2) is 0 Å². The highest BCUT2D eigenvalue weighted by Crippen LogP contribution is 2.40. The molecule has 0 spiro atoms. The van der Waals surface area contributed by atoms with Crippen LogP contribution in [0.3, 0.4) is 0 Å². The van der Waals surface area contributed by atoms with Crippen LogP contribution in [0.15, 0.2) is 205 Å². The third-order valence-electron chi connectivity index (χ3n) is 9.91. The van der Waals surface area contributed by atoms with Gasteiger partial charge in [-0.2, -0.15) is 0 Å². The summed E-state index contributed by atoms with van der Waals surface area (Å²) in [6, 6.07) is 60.3. The predicted octanol–water partition coefficient (Wildman–Crippen LogP) is 14.4. The second kappa shape index (κ2) is 12.5. The van der Waals surface area contributed by atoms with Gasteiger partial charge in [-0.1, -0.05) is 146 Å². The zero-order chi connectivity index (χ0) is 37.9. The number of hydrogen-bond donors (Lipinski definition) is 0. The Morgan fingerprint density at radius 3 is 1.63 bits per heavy atom. The zero-order valence-corrected chi connectivity index (χ0v) is 28.1. The van der Waals surface area contributed by atoms with Crippen molar-refractivity contribution in [2.24, 2.45) is 0 Å². The van der Waals surface area contributed by atoms with Gasteiger partial charge in [0, 0.05) is 27.8 Å². The van der Waals surface area contributed by atoms with Gasteiger partial charge in [0.05, 0.1) is 5.48 Å². The van der Waals surface area contributed by atoms with Gasteiger partial charge in [-0.15, -0.1) is 0 Å². The molecule has 10 rings (SSSR count). The molecule has 0 atom stereocenters. The maximum Gasteiger partial charge on any atom is 0.136 e. The topological polar surface area (TPSA) is 16.4 Å². The van der Waals surface area contributed by atoms with Crippen molar-refractivity contribution in [3.05, 3.63) is 200 Å². The van der Waals surface area contributed by atoms with E-state index in [0.717, 1.165) is 44.7 Å². The van der Waals surface area contributed by atoms with Gasteiger partial charge in [0.1, 0.15) is 11.2 Å². The highest BCUT2D eigenvalue weighted by Gasteiger charge is 2.15. The maximum atomic E-state index is 9.16. The standard InChI is InChI=1S/C50H33NO/c1-2-8-34(9-3-1)36-14-16-37(17-15-36)38-18-25-43(26-19-38)51(45-29-22-35-10-4-5-11-40(35)33-45)44-27-20-39(21-28-44)41-23-30-46-42(32-41)24-31-49-50(46)47-12-6-7-13-48(47)52-49/h1-33H/i12D,24D,30D,31D. The molecule has 9 aromatic carbocycles. The van der Waals surface area contributed by atoms with E-state index >= 15 is 0 Å². The predicted molar refractivity (Wildman–Crippen MR) is 220 cm³/mol. The molecule has 0 aliphatic rings. The highest BCUT2D eigenvalue weighted by molar-refractivity contribution is 6.19. The fourth-order valence-electron chi connectivity index (χ4n) is 7.25. The molecule has 2 heteroatoms. The smallest absolute Gasteiger partial charge is 0.136 e. The molecule has 1 aromatic heterocycles. The molecule has 0 radical (unpaired) electrons. The molecular weight excluding hydrogens is 631 g/mol. The lowest BCUT2D eigenvalue weighted by Crippen LogP contribution is -2.09. The molecule has 244 valence electrons. The van der Waals surface area contributed by atoms with Crippen molar-refractivity contribution in [3.63, 3.8) is 0 Å². The van der Waals surface area contributed by atoms with E-state index in [-0.39, 0.29) is 29.8 Å². The molecule has 0 N–H and O–H groups in total. The van der Waals surface area contributed by atoms with Gasteiger partial charge >= 0.3 is 0 Å². The quantitative estimate of drug-likeness (QED) is 0.175. The Morgan fingerprint density at radius 1 is 0.346 bits per heavy atom. The summed E-state index contributed by atoms with van der Waals surface area (Å²) in [5.74, 6) is 0. The van der Waals surface area contributed by atoms with Crippen LogP contribution in [0.5, 0.6) is 0 Å². The van der Waals surface area contributed by atoms with Crippen molar-refractivity contribution < 1.29 is 9.90 Å². The minimum atomic E-state index is -0.0451. The molecule has 0 bridgehead atoms. The number of anilines is 3. The van der Waals surface area contributed by atoms with Crippen LogP contribution in [-0.4, -0.2) is 0 Å². The van der Waals surface area contributed by atoms with Crippen molar-refractivity contribution in [2.45, 2.75) is 0 Å². The third-order valence-corrected chi connectivity index (χ3v) is 9.91. The van der Waals surface area contributed by atoms with Crippen LogP contribution in [0.2, 0.25) is 0 Å². The molecule has 1 heterocycles. The number of rotatable bonds is 6. The summed E-state index contributed by atoms with van der Waals surface area (Å²) in [5.41, 5.74) is 10.1. The van der Waals surface area contributed by atoms with Crippen molar-refractivity contribution >= 4 is 60.5 Å². The Morgan fingerprint density at radius 2 is 0.923 bits per heavy atom. The summed E-state index contributed by atoms with van der Waals surface area (Å²) >= 11 is 0. The first kappa shape index (κ1) is 26.0. The SMILES string of the molecule is [2H]c1c([2H])c2oc3cccc([2H])c3c2c2c([2H])cc(-c3ccc(N(c4ccc(-c5ccc(-c6ccccc6)cc5)cc4)c4ccc5ccccc5c4)cc3)cc12. The summed E-state index contributed by atoms with van der Waals surface area (Å²) < 4.78 is 41.5. The van der Waals surface area contributed by atoms with Crippen molar-refractivity contribution in [2.75, 3.05) is 4.90 Å². The van der Waals surface area contributed by atoms with Gasteiger partial charge in [-0.05, 0) is 109 Å². The lowest BCUT2D eigenvalue weighted by molar-refractivity contribution is 0.669. The fourth-order valence-corrected chi connectivity index (χ4v) is 7.25. The molecule has 0 aliphatic heterocycles. The molecule has 2 nitrogen and oxygen atoms in total. The van der Waals surface area contributed by atoms with Crippen LogP contribution in [0, 0.1) is 0 Å². The number of para-hydroxylation sites is 1. The summed E-state index contributed by atoms with van der Waals surface area (Å²) in [4.78, 5) is 2.25. The van der Waals surface area contributed by atoms with Crippen LogP contribution in [0.1, 0.15) is 5.48 Å². The van der Waals surface area contributed by atoms with Crippen molar-refractivity contribution in [1.29, 1.82) is 0 Å². The Bertz CT molecular complexity index is 3100. The summed E-state index contributed by atoms with van der Waals surface area (Å²) in [6.07, 6.45) is 0. The molecule has 0 saturated carbocycles. The average molecular weight is 668 g/mol. The average Bonchev–Trinajstić information content (AvgIpc) is 3.64. The summed E-state index contributed by atoms with van der Waals surface area (Å²) in [6.45, 7) is 0. The molecule has 10 aromatic rings. The van der Waals surface area contributed by atoms with E-state index in [4.69, 9.17) is 9.90 Å². The van der Waals surface area contributed by atoms with Crippen LogP contribution in [0.4, 0.5) is 17.1 Å². The van der Waals surface area contributed by atoms with E-state index < -0.39 is 0 Å². The van der Waals surface area contributed by atoms with Crippen LogP contribution < -0.4 is 4.90 Å².